The molecule has 0 bridgehead atoms. The molecule has 66 valence electrons. The molecule has 0 saturated carbocycles. The van der Waals surface area contributed by atoms with E-state index in [0.717, 1.165) is 0 Å². The van der Waals surface area contributed by atoms with Gasteiger partial charge in [-0.3, -0.25) is 4.98 Å². The van der Waals surface area contributed by atoms with E-state index in [-0.39, 0.29) is 0 Å². The van der Waals surface area contributed by atoms with Gasteiger partial charge in [0.15, 0.2) is 0 Å². The predicted octanol–water partition coefficient (Wildman–Crippen LogP) is 3.29. The highest BCUT2D eigenvalue weighted by molar-refractivity contribution is 5.22. The maximum atomic E-state index is 4.30. The molecular weight excluding hydrogens is 146 g/mol. The van der Waals surface area contributed by atoms with Crippen LogP contribution in [0.15, 0.2) is 18.3 Å². The van der Waals surface area contributed by atoms with Gasteiger partial charge in [-0.15, -0.1) is 0 Å². The fraction of sp³-hybridized carbons (Fsp3) is 0.545. The summed E-state index contributed by atoms with van der Waals surface area (Å²) in [6.07, 6.45) is 4.28. The molecule has 1 heteroatoms. The summed E-state index contributed by atoms with van der Waals surface area (Å²) in [6.45, 7) is 6.56. The average Bonchev–Trinajstić information content (AvgIpc) is 2.10. The minimum absolute atomic E-state index is 0.693. The van der Waals surface area contributed by atoms with Crippen LogP contribution in [0.3, 0.4) is 0 Å². The fourth-order valence-electron chi connectivity index (χ4n) is 1.66. The molecule has 1 aromatic rings. The maximum Gasteiger partial charge on any atom is 0.0407 e. The van der Waals surface area contributed by atoms with Gasteiger partial charge >= 0.3 is 0 Å². The van der Waals surface area contributed by atoms with Crippen molar-refractivity contribution in [2.24, 2.45) is 0 Å². The lowest BCUT2D eigenvalue weighted by molar-refractivity contribution is 0.634. The van der Waals surface area contributed by atoms with Gasteiger partial charge in [-0.25, -0.2) is 0 Å². The standard InChI is InChI=1S/C11H17N/c1-4-10(5-2)11-7-6-8-12-9(11)3/h6-8,10H,4-5H2,1-3H3. The Morgan fingerprint density at radius 1 is 1.33 bits per heavy atom. The fourth-order valence-corrected chi connectivity index (χ4v) is 1.66. The van der Waals surface area contributed by atoms with E-state index in [0.29, 0.717) is 5.92 Å². The topological polar surface area (TPSA) is 12.9 Å². The maximum absolute atomic E-state index is 4.30. The lowest BCUT2D eigenvalue weighted by atomic mass is 9.93. The number of rotatable bonds is 3. The normalized spacial score (nSPS) is 10.7. The molecule has 0 aliphatic heterocycles. The van der Waals surface area contributed by atoms with Gasteiger partial charge in [0, 0.05) is 11.9 Å². The Bertz CT molecular complexity index is 239. The van der Waals surface area contributed by atoms with Crippen molar-refractivity contribution in [2.45, 2.75) is 39.5 Å². The van der Waals surface area contributed by atoms with Gasteiger partial charge in [-0.2, -0.15) is 0 Å². The van der Waals surface area contributed by atoms with Gasteiger partial charge in [-0.1, -0.05) is 19.9 Å². The van der Waals surface area contributed by atoms with Crippen molar-refractivity contribution >= 4 is 0 Å². The zero-order chi connectivity index (χ0) is 8.97. The highest BCUT2D eigenvalue weighted by Crippen LogP contribution is 2.24. The number of aromatic nitrogens is 1. The molecule has 1 heterocycles. The van der Waals surface area contributed by atoms with Gasteiger partial charge in [0.05, 0.1) is 0 Å². The number of pyridine rings is 1. The molecule has 1 aromatic heterocycles. The molecule has 0 atom stereocenters. The van der Waals surface area contributed by atoms with Gasteiger partial charge in [0.2, 0.25) is 0 Å². The number of nitrogens with zero attached hydrogens (tertiary/aromatic N) is 1. The third-order valence-electron chi connectivity index (χ3n) is 2.47. The summed E-state index contributed by atoms with van der Waals surface area (Å²) in [4.78, 5) is 4.30. The zero-order valence-electron chi connectivity index (χ0n) is 8.17. The minimum atomic E-state index is 0.693. The molecule has 0 aromatic carbocycles. The number of aryl methyl sites for hydroxylation is 1. The predicted molar refractivity (Wildman–Crippen MR) is 52.3 cm³/mol. The van der Waals surface area contributed by atoms with Gasteiger partial charge < -0.3 is 0 Å². The van der Waals surface area contributed by atoms with E-state index < -0.39 is 0 Å². The van der Waals surface area contributed by atoms with Crippen molar-refractivity contribution in [3.05, 3.63) is 29.6 Å². The number of hydrogen-bond acceptors (Lipinski definition) is 1. The molecular formula is C11H17N. The molecule has 1 rings (SSSR count). The second kappa shape index (κ2) is 4.24. The van der Waals surface area contributed by atoms with Gasteiger partial charge in [0.25, 0.3) is 0 Å². The van der Waals surface area contributed by atoms with E-state index in [4.69, 9.17) is 0 Å². The first kappa shape index (κ1) is 9.24. The third kappa shape index (κ3) is 1.84. The third-order valence-corrected chi connectivity index (χ3v) is 2.47. The Labute approximate surface area is 74.8 Å². The van der Waals surface area contributed by atoms with Crippen molar-refractivity contribution in [3.8, 4) is 0 Å². The van der Waals surface area contributed by atoms with Crippen LogP contribution in [-0.2, 0) is 0 Å². The molecule has 1 nitrogen and oxygen atoms in total. The monoisotopic (exact) mass is 163 g/mol. The Kier molecular flexibility index (Phi) is 3.27. The summed E-state index contributed by atoms with van der Waals surface area (Å²) in [5.74, 6) is 0.693. The highest BCUT2D eigenvalue weighted by atomic mass is 14.7. The van der Waals surface area contributed by atoms with Crippen LogP contribution in [0, 0.1) is 6.92 Å². The van der Waals surface area contributed by atoms with Crippen molar-refractivity contribution < 1.29 is 0 Å². The van der Waals surface area contributed by atoms with Crippen LogP contribution in [0.4, 0.5) is 0 Å². The van der Waals surface area contributed by atoms with Crippen LogP contribution in [0.25, 0.3) is 0 Å². The summed E-state index contributed by atoms with van der Waals surface area (Å²) in [7, 11) is 0. The van der Waals surface area contributed by atoms with Crippen LogP contribution in [0.1, 0.15) is 43.9 Å². The van der Waals surface area contributed by atoms with Crippen molar-refractivity contribution in [1.29, 1.82) is 0 Å². The second-order valence-electron chi connectivity index (χ2n) is 3.19. The lowest BCUT2D eigenvalue weighted by Gasteiger charge is -2.14. The molecule has 0 saturated heterocycles. The minimum Gasteiger partial charge on any atom is -0.261 e. The van der Waals surface area contributed by atoms with Crippen LogP contribution in [0.5, 0.6) is 0 Å². The zero-order valence-corrected chi connectivity index (χ0v) is 8.17. The second-order valence-corrected chi connectivity index (χ2v) is 3.19. The van der Waals surface area contributed by atoms with Gasteiger partial charge in [-0.05, 0) is 37.3 Å². The van der Waals surface area contributed by atoms with Crippen molar-refractivity contribution in [3.63, 3.8) is 0 Å². The molecule has 0 aliphatic carbocycles. The van der Waals surface area contributed by atoms with E-state index >= 15 is 0 Å². The first-order valence-corrected chi connectivity index (χ1v) is 4.71. The Morgan fingerprint density at radius 2 is 2.00 bits per heavy atom. The van der Waals surface area contributed by atoms with E-state index in [2.05, 4.69) is 31.8 Å². The Morgan fingerprint density at radius 3 is 2.50 bits per heavy atom. The highest BCUT2D eigenvalue weighted by Gasteiger charge is 2.08. The van der Waals surface area contributed by atoms with E-state index in [9.17, 15) is 0 Å². The molecule has 0 unspecified atom stereocenters. The van der Waals surface area contributed by atoms with Gasteiger partial charge in [0.1, 0.15) is 0 Å². The molecule has 0 aliphatic rings. The largest absolute Gasteiger partial charge is 0.261 e. The van der Waals surface area contributed by atoms with Crippen LogP contribution in [-0.4, -0.2) is 4.98 Å². The summed E-state index contributed by atoms with van der Waals surface area (Å²) < 4.78 is 0. The molecule has 0 spiro atoms. The molecule has 12 heavy (non-hydrogen) atoms. The van der Waals surface area contributed by atoms with Crippen LogP contribution in [0.2, 0.25) is 0 Å². The van der Waals surface area contributed by atoms with E-state index in [1.54, 1.807) is 0 Å². The summed E-state index contributed by atoms with van der Waals surface area (Å²) in [5.41, 5.74) is 2.61. The van der Waals surface area contributed by atoms with E-state index in [1.165, 1.54) is 24.1 Å². The summed E-state index contributed by atoms with van der Waals surface area (Å²) >= 11 is 0. The summed E-state index contributed by atoms with van der Waals surface area (Å²) in [5, 5.41) is 0. The average molecular weight is 163 g/mol. The van der Waals surface area contributed by atoms with Crippen LogP contribution < -0.4 is 0 Å². The lowest BCUT2D eigenvalue weighted by Crippen LogP contribution is -1.99. The van der Waals surface area contributed by atoms with E-state index in [1.807, 2.05) is 12.3 Å². The summed E-state index contributed by atoms with van der Waals surface area (Å²) in [6, 6.07) is 4.22. The van der Waals surface area contributed by atoms with Crippen molar-refractivity contribution in [2.75, 3.05) is 0 Å². The van der Waals surface area contributed by atoms with Crippen LogP contribution >= 0.6 is 0 Å². The SMILES string of the molecule is CCC(CC)c1cccnc1C. The Hall–Kier alpha value is -0.850. The first-order chi connectivity index (χ1) is 5.79. The molecule has 0 radical (unpaired) electrons. The Balaban J connectivity index is 2.92. The molecule has 0 fully saturated rings. The first-order valence-electron chi connectivity index (χ1n) is 4.71. The molecule has 0 N–H and O–H groups in total. The quantitative estimate of drug-likeness (QED) is 0.666. The smallest absolute Gasteiger partial charge is 0.0407 e. The van der Waals surface area contributed by atoms with Crippen molar-refractivity contribution in [1.82, 2.24) is 4.98 Å². The number of hydrogen-bond donors (Lipinski definition) is 0. The molecule has 0 amide bonds.